The van der Waals surface area contributed by atoms with Crippen LogP contribution in [0.1, 0.15) is 25.7 Å². The maximum absolute atomic E-state index is 12.7. The Labute approximate surface area is 119 Å². The van der Waals surface area contributed by atoms with E-state index in [9.17, 15) is 22.8 Å². The fourth-order valence-electron chi connectivity index (χ4n) is 1.48. The summed E-state index contributed by atoms with van der Waals surface area (Å²) >= 11 is 0.673. The van der Waals surface area contributed by atoms with E-state index in [-0.39, 0.29) is 0 Å². The second kappa shape index (κ2) is 5.52. The van der Waals surface area contributed by atoms with Crippen LogP contribution in [0, 0.1) is 0 Å². The second-order valence-electron chi connectivity index (χ2n) is 3.72. The monoisotopic (exact) mass is 317 g/mol. The predicted octanol–water partition coefficient (Wildman–Crippen LogP) is 3.08. The summed E-state index contributed by atoms with van der Waals surface area (Å²) in [5.41, 5.74) is -0.578. The Morgan fingerprint density at radius 2 is 1.90 bits per heavy atom. The molecule has 9 heteroatoms. The maximum Gasteiger partial charge on any atom is 0.419 e. The molecule has 0 aliphatic rings. The Hall–Kier alpha value is -2.42. The van der Waals surface area contributed by atoms with E-state index in [0.29, 0.717) is 11.3 Å². The summed E-state index contributed by atoms with van der Waals surface area (Å²) in [5, 5.41) is 8.84. The lowest BCUT2D eigenvalue weighted by atomic mass is 10.2. The van der Waals surface area contributed by atoms with E-state index < -0.39 is 40.0 Å². The Morgan fingerprint density at radius 1 is 1.24 bits per heavy atom. The third kappa shape index (κ3) is 3.19. The Bertz CT molecular complexity index is 696. The number of carboxylic acids is 1. The molecule has 0 fully saturated rings. The van der Waals surface area contributed by atoms with E-state index in [1.807, 2.05) is 0 Å². The number of esters is 1. The quantitative estimate of drug-likeness (QED) is 0.695. The zero-order chi connectivity index (χ0) is 15.6. The molecule has 2 rings (SSSR count). The summed E-state index contributed by atoms with van der Waals surface area (Å²) in [6.45, 7) is 0. The van der Waals surface area contributed by atoms with E-state index in [1.165, 1.54) is 6.07 Å². The van der Waals surface area contributed by atoms with Gasteiger partial charge in [0.1, 0.15) is 10.6 Å². The van der Waals surface area contributed by atoms with Crippen LogP contribution in [0.15, 0.2) is 29.8 Å². The molecule has 0 aliphatic heterocycles. The van der Waals surface area contributed by atoms with Crippen LogP contribution < -0.4 is 4.74 Å². The molecular formula is C12H6F3NO4S. The SMILES string of the molecule is O=C(Oc1ccccc1C(F)(F)F)c1ncsc1C(=O)O. The number of ether oxygens (including phenoxy) is 1. The fourth-order valence-corrected chi connectivity index (χ4v) is 2.09. The number of aromatic nitrogens is 1. The van der Waals surface area contributed by atoms with E-state index in [1.54, 1.807) is 0 Å². The van der Waals surface area contributed by atoms with Gasteiger partial charge in [0.25, 0.3) is 0 Å². The fraction of sp³-hybridized carbons (Fsp3) is 0.0833. The standard InChI is InChI=1S/C12H6F3NO4S/c13-12(14,15)6-3-1-2-4-7(6)20-11(19)8-9(10(17)18)21-5-16-8/h1-5H,(H,17,18). The average molecular weight is 317 g/mol. The highest BCUT2D eigenvalue weighted by atomic mass is 32.1. The minimum absolute atomic E-state index is 0.399. The van der Waals surface area contributed by atoms with Gasteiger partial charge in [0.15, 0.2) is 5.69 Å². The van der Waals surface area contributed by atoms with Crippen molar-refractivity contribution in [2.24, 2.45) is 0 Å². The van der Waals surface area contributed by atoms with Gasteiger partial charge in [-0.1, -0.05) is 12.1 Å². The number of nitrogens with zero attached hydrogens (tertiary/aromatic N) is 1. The van der Waals surface area contributed by atoms with Gasteiger partial charge >= 0.3 is 18.1 Å². The Kier molecular flexibility index (Phi) is 3.94. The first-order chi connectivity index (χ1) is 9.80. The number of benzene rings is 1. The van der Waals surface area contributed by atoms with Gasteiger partial charge in [0, 0.05) is 0 Å². The molecule has 0 unspecified atom stereocenters. The first kappa shape index (κ1) is 15.0. The number of carboxylic acid groups (broad SMARTS) is 1. The van der Waals surface area contributed by atoms with Gasteiger partial charge in [-0.15, -0.1) is 11.3 Å². The van der Waals surface area contributed by atoms with Crippen LogP contribution in [0.2, 0.25) is 0 Å². The average Bonchev–Trinajstić information content (AvgIpc) is 2.87. The number of hydrogen-bond donors (Lipinski definition) is 1. The lowest BCUT2D eigenvalue weighted by Gasteiger charge is -2.11. The first-order valence-electron chi connectivity index (χ1n) is 5.36. The molecular weight excluding hydrogens is 311 g/mol. The van der Waals surface area contributed by atoms with Crippen molar-refractivity contribution in [1.29, 1.82) is 0 Å². The topological polar surface area (TPSA) is 76.5 Å². The molecule has 1 heterocycles. The molecule has 1 N–H and O–H groups in total. The zero-order valence-corrected chi connectivity index (χ0v) is 10.9. The van der Waals surface area contributed by atoms with E-state index in [4.69, 9.17) is 5.11 Å². The molecule has 1 aromatic heterocycles. The number of carbonyl (C=O) groups is 2. The van der Waals surface area contributed by atoms with Crippen LogP contribution in [0.5, 0.6) is 5.75 Å². The van der Waals surface area contributed by atoms with Gasteiger partial charge in [-0.3, -0.25) is 0 Å². The van der Waals surface area contributed by atoms with Gasteiger partial charge in [0.05, 0.1) is 11.1 Å². The van der Waals surface area contributed by atoms with Crippen LogP contribution in [0.25, 0.3) is 0 Å². The van der Waals surface area contributed by atoms with Crippen molar-refractivity contribution in [1.82, 2.24) is 4.98 Å². The minimum atomic E-state index is -4.70. The van der Waals surface area contributed by atoms with Crippen molar-refractivity contribution in [2.45, 2.75) is 6.18 Å². The largest absolute Gasteiger partial charge is 0.477 e. The van der Waals surface area contributed by atoms with E-state index in [2.05, 4.69) is 9.72 Å². The number of halogens is 3. The molecule has 0 atom stereocenters. The summed E-state index contributed by atoms with van der Waals surface area (Å²) in [7, 11) is 0. The molecule has 1 aromatic carbocycles. The third-order valence-corrected chi connectivity index (χ3v) is 3.16. The number of para-hydroxylation sites is 1. The first-order valence-corrected chi connectivity index (χ1v) is 6.24. The Balaban J connectivity index is 2.33. The van der Waals surface area contributed by atoms with Crippen molar-refractivity contribution < 1.29 is 32.6 Å². The van der Waals surface area contributed by atoms with Crippen LogP contribution in [-0.4, -0.2) is 22.0 Å². The van der Waals surface area contributed by atoms with E-state index in [0.717, 1.165) is 23.7 Å². The lowest BCUT2D eigenvalue weighted by Crippen LogP contribution is -2.16. The highest BCUT2D eigenvalue weighted by molar-refractivity contribution is 7.12. The summed E-state index contributed by atoms with van der Waals surface area (Å²) < 4.78 is 42.9. The molecule has 0 amide bonds. The minimum Gasteiger partial charge on any atom is -0.477 e. The molecule has 2 aromatic rings. The smallest absolute Gasteiger partial charge is 0.419 e. The molecule has 0 spiro atoms. The van der Waals surface area contributed by atoms with Crippen molar-refractivity contribution >= 4 is 23.3 Å². The van der Waals surface area contributed by atoms with Crippen molar-refractivity contribution in [3.8, 4) is 5.75 Å². The molecule has 21 heavy (non-hydrogen) atoms. The van der Waals surface area contributed by atoms with Crippen LogP contribution in [-0.2, 0) is 6.18 Å². The molecule has 0 saturated carbocycles. The number of rotatable bonds is 3. The third-order valence-electron chi connectivity index (χ3n) is 2.35. The number of aromatic carboxylic acids is 1. The summed E-state index contributed by atoms with van der Waals surface area (Å²) in [6.07, 6.45) is -4.70. The number of carbonyl (C=O) groups excluding carboxylic acids is 1. The highest BCUT2D eigenvalue weighted by Crippen LogP contribution is 2.36. The van der Waals surface area contributed by atoms with Gasteiger partial charge in [-0.25, -0.2) is 14.6 Å². The molecule has 0 bridgehead atoms. The van der Waals surface area contributed by atoms with Gasteiger partial charge < -0.3 is 9.84 Å². The summed E-state index contributed by atoms with van der Waals surface area (Å²) in [6, 6.07) is 4.12. The normalized spacial score (nSPS) is 11.2. The molecule has 110 valence electrons. The zero-order valence-electron chi connectivity index (χ0n) is 10.0. The lowest BCUT2D eigenvalue weighted by molar-refractivity contribution is -0.138. The molecule has 0 radical (unpaired) electrons. The maximum atomic E-state index is 12.7. The predicted molar refractivity (Wildman–Crippen MR) is 65.5 cm³/mol. The number of alkyl halides is 3. The van der Waals surface area contributed by atoms with Crippen LogP contribution in [0.4, 0.5) is 13.2 Å². The molecule has 5 nitrogen and oxygen atoms in total. The van der Waals surface area contributed by atoms with Crippen molar-refractivity contribution in [2.75, 3.05) is 0 Å². The van der Waals surface area contributed by atoms with Crippen LogP contribution in [0.3, 0.4) is 0 Å². The highest BCUT2D eigenvalue weighted by Gasteiger charge is 2.35. The molecule has 0 aliphatic carbocycles. The molecule has 0 saturated heterocycles. The number of thiazole rings is 1. The summed E-state index contributed by atoms with van der Waals surface area (Å²) in [5.74, 6) is -3.38. The van der Waals surface area contributed by atoms with Crippen molar-refractivity contribution in [3.05, 3.63) is 45.9 Å². The van der Waals surface area contributed by atoms with Gasteiger partial charge in [0.2, 0.25) is 0 Å². The van der Waals surface area contributed by atoms with E-state index >= 15 is 0 Å². The van der Waals surface area contributed by atoms with Crippen LogP contribution >= 0.6 is 11.3 Å². The van der Waals surface area contributed by atoms with Gasteiger partial charge in [-0.05, 0) is 12.1 Å². The number of hydrogen-bond acceptors (Lipinski definition) is 5. The second-order valence-corrected chi connectivity index (χ2v) is 4.57. The van der Waals surface area contributed by atoms with Gasteiger partial charge in [-0.2, -0.15) is 13.2 Å². The van der Waals surface area contributed by atoms with Crippen molar-refractivity contribution in [3.63, 3.8) is 0 Å². The summed E-state index contributed by atoms with van der Waals surface area (Å²) in [4.78, 5) is 25.7. The Morgan fingerprint density at radius 3 is 2.52 bits per heavy atom.